The first kappa shape index (κ1) is 15.9. The fourth-order valence-electron chi connectivity index (χ4n) is 0.246. The predicted octanol–water partition coefficient (Wildman–Crippen LogP) is -1.52. The van der Waals surface area contributed by atoms with E-state index in [1.54, 1.807) is 0 Å². The molecular formula is C6H9BrZn-. The van der Waals surface area contributed by atoms with Crippen LogP contribution in [-0.2, 0) is 19.5 Å². The van der Waals surface area contributed by atoms with Gasteiger partial charge in [-0.3, -0.25) is 0 Å². The van der Waals surface area contributed by atoms with E-state index in [4.69, 9.17) is 0 Å². The maximum absolute atomic E-state index is 3.65. The van der Waals surface area contributed by atoms with E-state index in [0.717, 1.165) is 0 Å². The molecule has 0 unspecified atom stereocenters. The van der Waals surface area contributed by atoms with Gasteiger partial charge < -0.3 is 17.0 Å². The largest absolute Gasteiger partial charge is 1.00 e. The van der Waals surface area contributed by atoms with E-state index >= 15 is 0 Å². The molecule has 0 spiro atoms. The summed E-state index contributed by atoms with van der Waals surface area (Å²) >= 11 is 0. The molecule has 0 nitrogen and oxygen atoms in total. The van der Waals surface area contributed by atoms with Gasteiger partial charge in [0.1, 0.15) is 0 Å². The van der Waals surface area contributed by atoms with Crippen molar-refractivity contribution >= 4 is 0 Å². The van der Waals surface area contributed by atoms with E-state index in [9.17, 15) is 0 Å². The average Bonchev–Trinajstić information content (AvgIpc) is 1.35. The van der Waals surface area contributed by atoms with Crippen molar-refractivity contribution in [3.63, 3.8) is 0 Å². The van der Waals surface area contributed by atoms with Gasteiger partial charge in [0, 0.05) is 25.4 Å². The smallest absolute Gasteiger partial charge is 0.0174 e. The zero-order valence-electron chi connectivity index (χ0n) is 5.37. The summed E-state index contributed by atoms with van der Waals surface area (Å²) in [7, 11) is 0. The maximum atomic E-state index is 3.65. The van der Waals surface area contributed by atoms with Crippen molar-refractivity contribution in [1.29, 1.82) is 0 Å². The molecule has 8 heavy (non-hydrogen) atoms. The Hall–Kier alpha value is 0.663. The third-order valence-corrected chi connectivity index (χ3v) is 0.391. The van der Waals surface area contributed by atoms with Crippen LogP contribution in [-0.4, -0.2) is 0 Å². The van der Waals surface area contributed by atoms with Crippen molar-refractivity contribution in [1.82, 2.24) is 0 Å². The van der Waals surface area contributed by atoms with Gasteiger partial charge in [0.05, 0.1) is 0 Å². The Balaban J connectivity index is -0.000000125. The third-order valence-electron chi connectivity index (χ3n) is 0.391. The Kier molecular flexibility index (Phi) is 21.0. The Labute approximate surface area is 75.0 Å². The topological polar surface area (TPSA) is 0 Å². The van der Waals surface area contributed by atoms with Gasteiger partial charge in [0.25, 0.3) is 0 Å². The minimum Gasteiger partial charge on any atom is -1.00 e. The van der Waals surface area contributed by atoms with E-state index in [1.165, 1.54) is 0 Å². The van der Waals surface area contributed by atoms with Gasteiger partial charge in [0.2, 0.25) is 0 Å². The molecule has 0 aliphatic carbocycles. The summed E-state index contributed by atoms with van der Waals surface area (Å²) in [6.07, 6.45) is 0. The van der Waals surface area contributed by atoms with Crippen LogP contribution in [0, 0.1) is 24.7 Å². The minimum absolute atomic E-state index is 0. The van der Waals surface area contributed by atoms with E-state index in [1.807, 2.05) is 13.8 Å². The van der Waals surface area contributed by atoms with Gasteiger partial charge in [-0.2, -0.15) is 0 Å². The zero-order chi connectivity index (χ0) is 4.99. The first-order valence-electron chi connectivity index (χ1n) is 2.02. The van der Waals surface area contributed by atoms with Crippen LogP contribution in [0.25, 0.3) is 0 Å². The fourth-order valence-corrected chi connectivity index (χ4v) is 0.246. The Morgan fingerprint density at radius 3 is 1.88 bits per heavy atom. The molecule has 0 aromatic rings. The SMILES string of the molecule is [Br-].[CH2][C@@H](C)C#CC.[Zn]. The number of hydrogen-bond donors (Lipinski definition) is 0. The first-order valence-corrected chi connectivity index (χ1v) is 2.02. The number of halogens is 1. The van der Waals surface area contributed by atoms with Gasteiger partial charge in [-0.05, 0) is 13.8 Å². The van der Waals surface area contributed by atoms with Gasteiger partial charge in [-0.15, -0.1) is 11.8 Å². The van der Waals surface area contributed by atoms with Crippen molar-refractivity contribution in [2.45, 2.75) is 13.8 Å². The minimum atomic E-state index is 0. The van der Waals surface area contributed by atoms with Gasteiger partial charge in [-0.1, -0.05) is 6.92 Å². The average molecular weight is 226 g/mol. The quantitative estimate of drug-likeness (QED) is 0.348. The molecule has 0 heterocycles. The molecule has 0 aromatic carbocycles. The first-order chi connectivity index (χ1) is 2.77. The maximum Gasteiger partial charge on any atom is 0.0174 e. The fraction of sp³-hybridized carbons (Fsp3) is 0.500. The molecular weight excluding hydrogens is 217 g/mol. The Morgan fingerprint density at radius 1 is 1.50 bits per heavy atom. The summed E-state index contributed by atoms with van der Waals surface area (Å²) in [6.45, 7) is 7.44. The molecule has 0 aliphatic heterocycles. The third kappa shape index (κ3) is 15.9. The van der Waals surface area contributed by atoms with Crippen molar-refractivity contribution < 1.29 is 36.5 Å². The molecule has 0 amide bonds. The van der Waals surface area contributed by atoms with Crippen LogP contribution in [0.1, 0.15) is 13.8 Å². The van der Waals surface area contributed by atoms with Crippen molar-refractivity contribution in [2.24, 2.45) is 5.92 Å². The van der Waals surface area contributed by atoms with Crippen LogP contribution in [0.4, 0.5) is 0 Å². The summed E-state index contributed by atoms with van der Waals surface area (Å²) in [6, 6.07) is 0. The molecule has 0 bridgehead atoms. The summed E-state index contributed by atoms with van der Waals surface area (Å²) < 4.78 is 0. The van der Waals surface area contributed by atoms with E-state index in [-0.39, 0.29) is 42.4 Å². The monoisotopic (exact) mass is 224 g/mol. The van der Waals surface area contributed by atoms with Crippen LogP contribution in [0.15, 0.2) is 0 Å². The van der Waals surface area contributed by atoms with Gasteiger partial charge in [-0.25, -0.2) is 0 Å². The summed E-state index contributed by atoms with van der Waals surface area (Å²) in [5.74, 6) is 5.89. The van der Waals surface area contributed by atoms with Crippen molar-refractivity contribution in [3.8, 4) is 11.8 Å². The van der Waals surface area contributed by atoms with Crippen LogP contribution >= 0.6 is 0 Å². The molecule has 1 atom stereocenters. The van der Waals surface area contributed by atoms with Crippen LogP contribution < -0.4 is 17.0 Å². The predicted molar refractivity (Wildman–Crippen MR) is 28.0 cm³/mol. The second kappa shape index (κ2) is 10.6. The standard InChI is InChI=1S/C6H9.BrH.Zn/c1-4-5-6(2)3;;/h6H,2H2,1,3H3;1H;/p-1/t6-;;/m0../s1. The Morgan fingerprint density at radius 2 is 1.88 bits per heavy atom. The van der Waals surface area contributed by atoms with Gasteiger partial charge >= 0.3 is 0 Å². The molecule has 43 valence electrons. The molecule has 0 fully saturated rings. The second-order valence-electron chi connectivity index (χ2n) is 1.30. The molecule has 2 heteroatoms. The molecule has 0 aliphatic rings. The summed E-state index contributed by atoms with van der Waals surface area (Å²) in [5.41, 5.74) is 0. The van der Waals surface area contributed by atoms with E-state index in [0.29, 0.717) is 0 Å². The number of hydrogen-bond acceptors (Lipinski definition) is 0. The van der Waals surface area contributed by atoms with Crippen LogP contribution in [0.2, 0.25) is 0 Å². The molecule has 0 aromatic heterocycles. The van der Waals surface area contributed by atoms with Crippen LogP contribution in [0.5, 0.6) is 0 Å². The zero-order valence-corrected chi connectivity index (χ0v) is 9.92. The molecule has 0 rings (SSSR count). The van der Waals surface area contributed by atoms with E-state index < -0.39 is 0 Å². The van der Waals surface area contributed by atoms with Crippen LogP contribution in [0.3, 0.4) is 0 Å². The molecule has 0 saturated heterocycles. The molecule has 0 N–H and O–H groups in total. The van der Waals surface area contributed by atoms with E-state index in [2.05, 4.69) is 18.8 Å². The summed E-state index contributed by atoms with van der Waals surface area (Å²) in [5, 5.41) is 0. The Bertz CT molecular complexity index is 78.3. The van der Waals surface area contributed by atoms with Crippen molar-refractivity contribution in [2.75, 3.05) is 0 Å². The normalized spacial score (nSPS) is 5.50. The molecule has 0 saturated carbocycles. The van der Waals surface area contributed by atoms with Gasteiger partial charge in [0.15, 0.2) is 0 Å². The number of rotatable bonds is 0. The van der Waals surface area contributed by atoms with Crippen molar-refractivity contribution in [3.05, 3.63) is 6.92 Å². The second-order valence-corrected chi connectivity index (χ2v) is 1.30. The summed E-state index contributed by atoms with van der Waals surface area (Å²) in [4.78, 5) is 0. The molecule has 1 radical (unpaired) electrons.